The zero-order chi connectivity index (χ0) is 14.5. The van der Waals surface area contributed by atoms with Gasteiger partial charge in [-0.15, -0.1) is 0 Å². The SMILES string of the molecule is [2H]C([2H])([2H])[N+](C([2H])([2H])[2H])(C([2H])([2H])[2H])C([2H])([2H])[2H]. The van der Waals surface area contributed by atoms with Crippen LogP contribution in [-0.2, 0) is 0 Å². The van der Waals surface area contributed by atoms with E-state index in [1.54, 1.807) is 0 Å². The average Bonchev–Trinajstić information content (AvgIpc) is 1.67. The van der Waals surface area contributed by atoms with Gasteiger partial charge < -0.3 is 4.48 Å². The molecule has 0 atom stereocenters. The van der Waals surface area contributed by atoms with E-state index < -0.39 is 32.4 Å². The summed E-state index contributed by atoms with van der Waals surface area (Å²) in [5, 5.41) is 0. The van der Waals surface area contributed by atoms with E-state index in [1.807, 2.05) is 0 Å². The van der Waals surface area contributed by atoms with Crippen molar-refractivity contribution in [3.63, 3.8) is 0 Å². The maximum atomic E-state index is 7.03. The van der Waals surface area contributed by atoms with Crippen molar-refractivity contribution in [3.05, 3.63) is 0 Å². The van der Waals surface area contributed by atoms with E-state index >= 15 is 0 Å². The smallest absolute Gasteiger partial charge is 0.0886 e. The van der Waals surface area contributed by atoms with Gasteiger partial charge in [0.25, 0.3) is 0 Å². The first-order chi connectivity index (χ1) is 7.00. The quantitative estimate of drug-likeness (QED) is 0.372. The van der Waals surface area contributed by atoms with Gasteiger partial charge in [0.15, 0.2) is 0 Å². The molecule has 32 valence electrons. The van der Waals surface area contributed by atoms with Crippen LogP contribution in [0.4, 0.5) is 0 Å². The Morgan fingerprint density at radius 2 is 1.60 bits per heavy atom. The second-order valence-corrected chi connectivity index (χ2v) is 0.671. The molecule has 0 bridgehead atoms. The average molecular weight is 86.2 g/mol. The lowest BCUT2D eigenvalue weighted by molar-refractivity contribution is -0.849. The molecule has 0 aliphatic carbocycles. The molecule has 0 saturated carbocycles. The van der Waals surface area contributed by atoms with Gasteiger partial charge in [-0.25, -0.2) is 0 Å². The molecule has 0 aromatic heterocycles. The molecule has 0 spiro atoms. The topological polar surface area (TPSA) is 0 Å². The summed E-state index contributed by atoms with van der Waals surface area (Å²) in [6.45, 7) is -14.9. The third kappa shape index (κ3) is 9510. The van der Waals surface area contributed by atoms with Gasteiger partial charge in [0.2, 0.25) is 0 Å². The normalized spacial score (nSPS) is 57.6. The van der Waals surface area contributed by atoms with Crippen LogP contribution in [0.1, 0.15) is 16.4 Å². The number of quaternary nitrogens is 1. The Hall–Kier alpha value is -0.0400. The van der Waals surface area contributed by atoms with Gasteiger partial charge in [-0.1, -0.05) is 0 Å². The van der Waals surface area contributed by atoms with Crippen LogP contribution in [0.3, 0.4) is 0 Å². The fourth-order valence-corrected chi connectivity index (χ4v) is 0. The second-order valence-electron chi connectivity index (χ2n) is 0.671. The van der Waals surface area contributed by atoms with E-state index in [0.717, 1.165) is 0 Å². The molecule has 1 heteroatoms. The van der Waals surface area contributed by atoms with E-state index in [2.05, 4.69) is 0 Å². The van der Waals surface area contributed by atoms with E-state index in [4.69, 9.17) is 16.4 Å². The molecule has 0 aromatic carbocycles. The lowest BCUT2D eigenvalue weighted by Gasteiger charge is -2.14. The molecule has 0 N–H and O–H groups in total. The minimum absolute atomic E-state index is 2.92. The fraction of sp³-hybridized carbons (Fsp3) is 1.00. The Morgan fingerprint density at radius 1 is 1.20 bits per heavy atom. The van der Waals surface area contributed by atoms with Crippen molar-refractivity contribution in [3.8, 4) is 0 Å². The van der Waals surface area contributed by atoms with Crippen molar-refractivity contribution in [2.75, 3.05) is 27.9 Å². The summed E-state index contributed by atoms with van der Waals surface area (Å²) >= 11 is 0. The molecule has 0 fully saturated rings. The summed E-state index contributed by atoms with van der Waals surface area (Å²) in [4.78, 5) is 0. The lowest BCUT2D eigenvalue weighted by Crippen LogP contribution is -2.27. The van der Waals surface area contributed by atoms with Gasteiger partial charge in [-0.2, -0.15) is 0 Å². The van der Waals surface area contributed by atoms with Crippen molar-refractivity contribution in [1.29, 1.82) is 0 Å². The Labute approximate surface area is 50.7 Å². The molecule has 0 rings (SSSR count). The molecule has 1 nitrogen and oxygen atoms in total. The zero-order valence-corrected chi connectivity index (χ0v) is 2.45. The van der Waals surface area contributed by atoms with Crippen molar-refractivity contribution >= 4 is 0 Å². The highest BCUT2D eigenvalue weighted by Gasteiger charge is 1.88. The molecule has 0 radical (unpaired) electrons. The molecular formula is C4H12N+. The summed E-state index contributed by atoms with van der Waals surface area (Å²) in [5.41, 5.74) is 0. The summed E-state index contributed by atoms with van der Waals surface area (Å²) < 4.78 is 81.4. The zero-order valence-electron chi connectivity index (χ0n) is 14.4. The highest BCUT2D eigenvalue weighted by Crippen LogP contribution is 1.73. The largest absolute Gasteiger partial charge is 0.333 e. The standard InChI is InChI=1S/C4H12N/c1-5(2,3)4/h1-4H3/q+1/i1D3,2D3,3D3,4D3. The van der Waals surface area contributed by atoms with Crippen LogP contribution in [0, 0.1) is 0 Å². The van der Waals surface area contributed by atoms with Crippen LogP contribution in [0.15, 0.2) is 0 Å². The Morgan fingerprint density at radius 3 is 1.60 bits per heavy atom. The highest BCUT2D eigenvalue weighted by molar-refractivity contribution is 3.87. The summed E-state index contributed by atoms with van der Waals surface area (Å²) in [5.74, 6) is 0. The molecule has 0 unspecified atom stereocenters. The van der Waals surface area contributed by atoms with E-state index in [-0.39, 0.29) is 0 Å². The molecule has 0 saturated heterocycles. The van der Waals surface area contributed by atoms with Crippen LogP contribution >= 0.6 is 0 Å². The molecule has 5 heavy (non-hydrogen) atoms. The highest BCUT2D eigenvalue weighted by atomic mass is 15.2. The first-order valence-electron chi connectivity index (χ1n) is 6.89. The molecule has 0 heterocycles. The minimum atomic E-state index is -3.73. The summed E-state index contributed by atoms with van der Waals surface area (Å²) in [6, 6.07) is 0. The van der Waals surface area contributed by atoms with Gasteiger partial charge in [0, 0.05) is 0 Å². The van der Waals surface area contributed by atoms with E-state index in [1.165, 1.54) is 0 Å². The summed E-state index contributed by atoms with van der Waals surface area (Å²) in [6.07, 6.45) is 0. The molecule has 0 aromatic rings. The van der Waals surface area contributed by atoms with Crippen LogP contribution < -0.4 is 0 Å². The maximum Gasteiger partial charge on any atom is 0.0886 e. The van der Waals surface area contributed by atoms with Gasteiger partial charge in [-0.05, 0) is 0 Å². The van der Waals surface area contributed by atoms with Crippen molar-refractivity contribution < 1.29 is 20.9 Å². The fourth-order valence-electron chi connectivity index (χ4n) is 0. The number of nitrogens with zero attached hydrogens (tertiary/aromatic N) is 1. The first kappa shape index (κ1) is 0.305. The van der Waals surface area contributed by atoms with Gasteiger partial charge in [0.05, 0.1) is 44.4 Å². The molecule has 0 aliphatic rings. The van der Waals surface area contributed by atoms with Gasteiger partial charge in [-0.3, -0.25) is 0 Å². The minimum Gasteiger partial charge on any atom is -0.333 e. The van der Waals surface area contributed by atoms with Gasteiger partial charge >= 0.3 is 0 Å². The van der Waals surface area contributed by atoms with Crippen LogP contribution in [0.5, 0.6) is 0 Å². The molecule has 0 aliphatic heterocycles. The second kappa shape index (κ2) is 0.977. The monoisotopic (exact) mass is 86.2 g/mol. The Bertz CT molecular complexity index is 211. The molecular weight excluding hydrogens is 62.1 g/mol. The number of rotatable bonds is 0. The van der Waals surface area contributed by atoms with Crippen LogP contribution in [0.2, 0.25) is 0 Å². The number of hydrogen-bond donors (Lipinski definition) is 0. The summed E-state index contributed by atoms with van der Waals surface area (Å²) in [7, 11) is 0. The molecule has 0 amide bonds. The lowest BCUT2D eigenvalue weighted by atomic mass is 10.8. The number of hydrogen-bond acceptors (Lipinski definition) is 0. The van der Waals surface area contributed by atoms with Crippen molar-refractivity contribution in [1.82, 2.24) is 0 Å². The predicted molar refractivity (Wildman–Crippen MR) is 24.0 cm³/mol. The van der Waals surface area contributed by atoms with Crippen molar-refractivity contribution in [2.24, 2.45) is 0 Å². The predicted octanol–water partition coefficient (Wildman–Crippen LogP) is 0.322. The Kier molecular flexibility index (Phi) is 0.0597. The third-order valence-electron chi connectivity index (χ3n) is 0. The van der Waals surface area contributed by atoms with Crippen molar-refractivity contribution in [2.45, 2.75) is 0 Å². The Balaban J connectivity index is 6.37. The maximum absolute atomic E-state index is 7.03. The van der Waals surface area contributed by atoms with Gasteiger partial charge in [0.1, 0.15) is 0 Å². The van der Waals surface area contributed by atoms with Crippen LogP contribution in [0.25, 0.3) is 0 Å². The third-order valence-corrected chi connectivity index (χ3v) is 0. The van der Waals surface area contributed by atoms with E-state index in [0.29, 0.717) is 0 Å². The van der Waals surface area contributed by atoms with Crippen LogP contribution in [-0.4, -0.2) is 32.4 Å². The first-order valence-corrected chi connectivity index (χ1v) is 0.894. The van der Waals surface area contributed by atoms with E-state index in [9.17, 15) is 0 Å².